The monoisotopic (exact) mass is 223 g/mol. The summed E-state index contributed by atoms with van der Waals surface area (Å²) in [6.07, 6.45) is -0.115. The Balaban J connectivity index is 2.47. The van der Waals surface area contributed by atoms with Gasteiger partial charge in [0.15, 0.2) is 0 Å². The predicted octanol–water partition coefficient (Wildman–Crippen LogP) is 1.94. The second-order valence-electron chi connectivity index (χ2n) is 4.29. The van der Waals surface area contributed by atoms with E-state index in [1.165, 1.54) is 5.56 Å². The number of rotatable bonds is 6. The van der Waals surface area contributed by atoms with Gasteiger partial charge in [0.1, 0.15) is 5.75 Å². The topological polar surface area (TPSA) is 41.5 Å². The Morgan fingerprint density at radius 3 is 2.69 bits per heavy atom. The summed E-state index contributed by atoms with van der Waals surface area (Å²) < 4.78 is 5.61. The van der Waals surface area contributed by atoms with Gasteiger partial charge >= 0.3 is 0 Å². The summed E-state index contributed by atoms with van der Waals surface area (Å²) in [4.78, 5) is 0. The molecule has 16 heavy (non-hydrogen) atoms. The summed E-state index contributed by atoms with van der Waals surface area (Å²) in [7, 11) is 0. The Morgan fingerprint density at radius 1 is 1.31 bits per heavy atom. The molecule has 0 saturated carbocycles. The van der Waals surface area contributed by atoms with E-state index in [0.717, 1.165) is 12.3 Å². The van der Waals surface area contributed by atoms with Crippen molar-refractivity contribution in [3.8, 4) is 5.75 Å². The van der Waals surface area contributed by atoms with Gasteiger partial charge in [-0.2, -0.15) is 0 Å². The Kier molecular flexibility index (Phi) is 5.29. The number of hydrogen-bond acceptors (Lipinski definition) is 3. The molecule has 0 spiro atoms. The summed E-state index contributed by atoms with van der Waals surface area (Å²) in [6, 6.07) is 8.01. The number of nitrogens with one attached hydrogen (secondary N) is 1. The molecule has 0 aliphatic heterocycles. The van der Waals surface area contributed by atoms with Crippen LogP contribution in [0.25, 0.3) is 0 Å². The molecule has 0 bridgehead atoms. The van der Waals surface area contributed by atoms with E-state index in [-0.39, 0.29) is 12.2 Å². The van der Waals surface area contributed by atoms with Gasteiger partial charge in [-0.25, -0.2) is 0 Å². The first-order valence-electron chi connectivity index (χ1n) is 5.72. The fourth-order valence-electron chi connectivity index (χ4n) is 1.43. The summed E-state index contributed by atoms with van der Waals surface area (Å²) in [5, 5.41) is 12.3. The first-order valence-corrected chi connectivity index (χ1v) is 5.72. The van der Waals surface area contributed by atoms with Crippen LogP contribution in [0.3, 0.4) is 0 Å². The first-order chi connectivity index (χ1) is 7.58. The molecule has 0 fully saturated rings. The van der Waals surface area contributed by atoms with Gasteiger partial charge in [0.25, 0.3) is 0 Å². The number of aliphatic hydroxyl groups excluding tert-OH is 1. The maximum Gasteiger partial charge on any atom is 0.120 e. The Bertz CT molecular complexity index is 311. The highest BCUT2D eigenvalue weighted by Gasteiger charge is 2.00. The Hall–Kier alpha value is -1.06. The van der Waals surface area contributed by atoms with Gasteiger partial charge in [-0.05, 0) is 38.5 Å². The third-order valence-electron chi connectivity index (χ3n) is 2.04. The largest absolute Gasteiger partial charge is 0.491 e. The summed E-state index contributed by atoms with van der Waals surface area (Å²) in [6.45, 7) is 7.15. The molecule has 2 N–H and O–H groups in total. The zero-order valence-corrected chi connectivity index (χ0v) is 10.2. The van der Waals surface area contributed by atoms with Gasteiger partial charge < -0.3 is 15.2 Å². The number of ether oxygens (including phenoxy) is 1. The summed E-state index contributed by atoms with van der Waals surface area (Å²) in [5.41, 5.74) is 1.17. The quantitative estimate of drug-likeness (QED) is 0.774. The Morgan fingerprint density at radius 2 is 2.06 bits per heavy atom. The lowest BCUT2D eigenvalue weighted by atomic mass is 10.2. The molecule has 0 saturated heterocycles. The van der Waals surface area contributed by atoms with Crippen molar-refractivity contribution in [2.24, 2.45) is 0 Å². The highest BCUT2D eigenvalue weighted by atomic mass is 16.5. The number of hydrogen-bond donors (Lipinski definition) is 2. The van der Waals surface area contributed by atoms with Crippen molar-refractivity contribution in [3.05, 3.63) is 29.8 Å². The lowest BCUT2D eigenvalue weighted by Crippen LogP contribution is -2.23. The van der Waals surface area contributed by atoms with E-state index in [0.29, 0.717) is 6.54 Å². The van der Waals surface area contributed by atoms with Gasteiger partial charge in [0, 0.05) is 13.1 Å². The molecular weight excluding hydrogens is 202 g/mol. The molecule has 0 radical (unpaired) electrons. The van der Waals surface area contributed by atoms with Crippen molar-refractivity contribution < 1.29 is 9.84 Å². The minimum Gasteiger partial charge on any atom is -0.491 e. The van der Waals surface area contributed by atoms with E-state index >= 15 is 0 Å². The van der Waals surface area contributed by atoms with Crippen LogP contribution in [-0.2, 0) is 6.54 Å². The van der Waals surface area contributed by atoms with Crippen molar-refractivity contribution >= 4 is 0 Å². The van der Waals surface area contributed by atoms with Crippen LogP contribution >= 0.6 is 0 Å². The average Bonchev–Trinajstić information content (AvgIpc) is 2.16. The van der Waals surface area contributed by atoms with Crippen molar-refractivity contribution in [3.63, 3.8) is 0 Å². The van der Waals surface area contributed by atoms with Crippen LogP contribution in [0.1, 0.15) is 26.3 Å². The molecule has 3 nitrogen and oxygen atoms in total. The van der Waals surface area contributed by atoms with E-state index in [1.807, 2.05) is 38.1 Å². The van der Waals surface area contributed by atoms with Crippen molar-refractivity contribution in [2.45, 2.75) is 39.5 Å². The van der Waals surface area contributed by atoms with Gasteiger partial charge in [0.2, 0.25) is 0 Å². The number of benzene rings is 1. The highest BCUT2D eigenvalue weighted by molar-refractivity contribution is 5.28. The maximum absolute atomic E-state index is 9.12. The molecule has 0 aliphatic rings. The lowest BCUT2D eigenvalue weighted by Gasteiger charge is -2.11. The first kappa shape index (κ1) is 13.0. The predicted molar refractivity (Wildman–Crippen MR) is 65.6 cm³/mol. The summed E-state index contributed by atoms with van der Waals surface area (Å²) in [5.74, 6) is 0.895. The van der Waals surface area contributed by atoms with Crippen LogP contribution in [0, 0.1) is 0 Å². The molecular formula is C13H21NO2. The molecule has 0 heterocycles. The maximum atomic E-state index is 9.12. The van der Waals surface area contributed by atoms with E-state index in [1.54, 1.807) is 6.92 Å². The molecule has 1 atom stereocenters. The zero-order valence-electron chi connectivity index (χ0n) is 10.2. The molecule has 0 aromatic heterocycles. The van der Waals surface area contributed by atoms with Crippen LogP contribution in [0.2, 0.25) is 0 Å². The molecule has 0 unspecified atom stereocenters. The molecule has 0 aliphatic carbocycles. The Labute approximate surface area is 97.4 Å². The molecule has 1 rings (SSSR count). The standard InChI is InChI=1S/C13H21NO2/c1-10(2)16-13-6-4-5-12(7-13)9-14-8-11(3)15/h4-7,10-11,14-15H,8-9H2,1-3H3/t11-/m0/s1. The fraction of sp³-hybridized carbons (Fsp3) is 0.538. The van der Waals surface area contributed by atoms with Crippen LogP contribution in [0.15, 0.2) is 24.3 Å². The van der Waals surface area contributed by atoms with E-state index < -0.39 is 0 Å². The second kappa shape index (κ2) is 6.51. The van der Waals surface area contributed by atoms with Crippen LogP contribution in [-0.4, -0.2) is 23.9 Å². The minimum absolute atomic E-state index is 0.195. The van der Waals surface area contributed by atoms with E-state index in [2.05, 4.69) is 5.32 Å². The third-order valence-corrected chi connectivity index (χ3v) is 2.04. The normalized spacial score (nSPS) is 12.8. The van der Waals surface area contributed by atoms with E-state index in [4.69, 9.17) is 9.84 Å². The van der Waals surface area contributed by atoms with Gasteiger partial charge in [-0.15, -0.1) is 0 Å². The van der Waals surface area contributed by atoms with Crippen LogP contribution < -0.4 is 10.1 Å². The third kappa shape index (κ3) is 5.14. The molecule has 3 heteroatoms. The van der Waals surface area contributed by atoms with Gasteiger partial charge in [-0.3, -0.25) is 0 Å². The molecule has 90 valence electrons. The van der Waals surface area contributed by atoms with Gasteiger partial charge in [-0.1, -0.05) is 12.1 Å². The highest BCUT2D eigenvalue weighted by Crippen LogP contribution is 2.14. The second-order valence-corrected chi connectivity index (χ2v) is 4.29. The van der Waals surface area contributed by atoms with Gasteiger partial charge in [0.05, 0.1) is 12.2 Å². The SMILES string of the molecule is CC(C)Oc1cccc(CNC[C@H](C)O)c1. The average molecular weight is 223 g/mol. The molecule has 0 amide bonds. The number of aliphatic hydroxyl groups is 1. The summed E-state index contributed by atoms with van der Waals surface area (Å²) >= 11 is 0. The smallest absolute Gasteiger partial charge is 0.120 e. The fourth-order valence-corrected chi connectivity index (χ4v) is 1.43. The lowest BCUT2D eigenvalue weighted by molar-refractivity contribution is 0.191. The van der Waals surface area contributed by atoms with Crippen LogP contribution in [0.5, 0.6) is 5.75 Å². The molecule has 1 aromatic carbocycles. The van der Waals surface area contributed by atoms with Crippen LogP contribution in [0.4, 0.5) is 0 Å². The van der Waals surface area contributed by atoms with Crippen molar-refractivity contribution in [2.75, 3.05) is 6.54 Å². The van der Waals surface area contributed by atoms with E-state index in [9.17, 15) is 0 Å². The van der Waals surface area contributed by atoms with Crippen molar-refractivity contribution in [1.82, 2.24) is 5.32 Å². The van der Waals surface area contributed by atoms with Crippen molar-refractivity contribution in [1.29, 1.82) is 0 Å². The molecule has 1 aromatic rings. The minimum atomic E-state index is -0.310. The zero-order chi connectivity index (χ0) is 12.0.